The summed E-state index contributed by atoms with van der Waals surface area (Å²) in [4.78, 5) is 7.62. The monoisotopic (exact) mass is 428 g/mol. The van der Waals surface area contributed by atoms with E-state index in [1.54, 1.807) is 0 Å². The normalized spacial score (nSPS) is 11.3. The Hall–Kier alpha value is -1.24. The minimum atomic E-state index is 0. The molecule has 0 unspecified atom stereocenters. The average Bonchev–Trinajstić information content (AvgIpc) is 2.92. The molecule has 0 aliphatic heterocycles. The molecule has 0 radical (unpaired) electrons. The van der Waals surface area contributed by atoms with Crippen molar-refractivity contribution < 1.29 is 0 Å². The van der Waals surface area contributed by atoms with Crippen LogP contribution in [0.3, 0.4) is 0 Å². The highest BCUT2D eigenvalue weighted by Gasteiger charge is 2.04. The zero-order valence-electron chi connectivity index (χ0n) is 14.4. The van der Waals surface area contributed by atoms with E-state index in [1.807, 2.05) is 7.05 Å². The largest absolute Gasteiger partial charge is 0.361 e. The number of hydrogen-bond acceptors (Lipinski definition) is 1. The van der Waals surface area contributed by atoms with Gasteiger partial charge in [0.25, 0.3) is 0 Å². The molecule has 4 nitrogen and oxygen atoms in total. The van der Waals surface area contributed by atoms with Gasteiger partial charge in [0, 0.05) is 37.2 Å². The highest BCUT2D eigenvalue weighted by molar-refractivity contribution is 14.0. The maximum Gasteiger partial charge on any atom is 0.190 e. The van der Waals surface area contributed by atoms with Gasteiger partial charge < -0.3 is 15.6 Å². The lowest BCUT2D eigenvalue weighted by Gasteiger charge is -2.11. The van der Waals surface area contributed by atoms with Crippen molar-refractivity contribution in [2.75, 3.05) is 20.1 Å². The Bertz CT molecular complexity index is 619. The van der Waals surface area contributed by atoms with Crippen molar-refractivity contribution in [3.63, 3.8) is 0 Å². The van der Waals surface area contributed by atoms with Gasteiger partial charge in [0.15, 0.2) is 5.96 Å². The van der Waals surface area contributed by atoms with Crippen LogP contribution in [0.15, 0.2) is 29.4 Å². The number of nitrogens with zero attached hydrogens (tertiary/aromatic N) is 1. The molecule has 1 aromatic carbocycles. The summed E-state index contributed by atoms with van der Waals surface area (Å²) in [6.45, 7) is 6.21. The molecule has 0 saturated heterocycles. The van der Waals surface area contributed by atoms with Crippen LogP contribution in [0.2, 0.25) is 0 Å². The second-order valence-electron chi connectivity index (χ2n) is 5.75. The van der Waals surface area contributed by atoms with Crippen LogP contribution < -0.4 is 10.6 Å². The van der Waals surface area contributed by atoms with Crippen LogP contribution in [0.1, 0.15) is 37.3 Å². The zero-order valence-corrected chi connectivity index (χ0v) is 16.7. The Labute approximate surface area is 156 Å². The van der Waals surface area contributed by atoms with Gasteiger partial charge >= 0.3 is 0 Å². The molecule has 0 bridgehead atoms. The van der Waals surface area contributed by atoms with Crippen LogP contribution in [0, 0.1) is 6.92 Å². The lowest BCUT2D eigenvalue weighted by atomic mass is 10.1. The van der Waals surface area contributed by atoms with Crippen LogP contribution in [-0.2, 0) is 6.42 Å². The van der Waals surface area contributed by atoms with Crippen molar-refractivity contribution in [3.8, 4) is 0 Å². The summed E-state index contributed by atoms with van der Waals surface area (Å²) in [7, 11) is 1.82. The molecule has 1 aromatic heterocycles. The first-order valence-corrected chi connectivity index (χ1v) is 8.25. The van der Waals surface area contributed by atoms with Gasteiger partial charge in [-0.1, -0.05) is 31.9 Å². The standard InChI is InChI=1S/C18H28N4.HI/c1-4-5-6-10-20-18(19-3)21-11-9-15-13-22-17-12-14(2)7-8-16(15)17;/h7-8,12-13,22H,4-6,9-11H2,1-3H3,(H2,19,20,21);1H. The number of guanidine groups is 1. The third-order valence-corrected chi connectivity index (χ3v) is 3.91. The smallest absolute Gasteiger partial charge is 0.190 e. The number of hydrogen-bond donors (Lipinski definition) is 3. The van der Waals surface area contributed by atoms with Crippen molar-refractivity contribution in [2.24, 2.45) is 4.99 Å². The molecule has 0 spiro atoms. The zero-order chi connectivity index (χ0) is 15.8. The van der Waals surface area contributed by atoms with Gasteiger partial charge in [0.1, 0.15) is 0 Å². The van der Waals surface area contributed by atoms with E-state index in [9.17, 15) is 0 Å². The van der Waals surface area contributed by atoms with E-state index in [2.05, 4.69) is 58.9 Å². The first-order valence-electron chi connectivity index (χ1n) is 8.25. The highest BCUT2D eigenvalue weighted by atomic mass is 127. The summed E-state index contributed by atoms with van der Waals surface area (Å²) in [6.07, 6.45) is 6.80. The molecule has 1 heterocycles. The number of halogens is 1. The fourth-order valence-corrected chi connectivity index (χ4v) is 2.62. The van der Waals surface area contributed by atoms with Gasteiger partial charge in [0.05, 0.1) is 0 Å². The van der Waals surface area contributed by atoms with Gasteiger partial charge in [-0.15, -0.1) is 24.0 Å². The molecule has 23 heavy (non-hydrogen) atoms. The van der Waals surface area contributed by atoms with Crippen molar-refractivity contribution in [2.45, 2.75) is 39.5 Å². The molecule has 0 fully saturated rings. The van der Waals surface area contributed by atoms with E-state index < -0.39 is 0 Å². The van der Waals surface area contributed by atoms with Gasteiger partial charge in [-0.25, -0.2) is 0 Å². The number of aliphatic imine (C=N–C) groups is 1. The first-order chi connectivity index (χ1) is 10.7. The maximum atomic E-state index is 4.27. The maximum absolute atomic E-state index is 4.27. The second kappa shape index (κ2) is 10.5. The SMILES string of the molecule is CCCCCNC(=NC)NCCc1c[nH]c2cc(C)ccc12.I. The molecular formula is C18H29IN4. The molecule has 0 saturated carbocycles. The number of unbranched alkanes of at least 4 members (excludes halogenated alkanes) is 2. The van der Waals surface area contributed by atoms with E-state index in [0.717, 1.165) is 25.5 Å². The Balaban J connectivity index is 0.00000264. The molecule has 5 heteroatoms. The summed E-state index contributed by atoms with van der Waals surface area (Å²) in [5.74, 6) is 0.895. The molecule has 0 amide bonds. The molecule has 0 atom stereocenters. The predicted molar refractivity (Wildman–Crippen MR) is 111 cm³/mol. The highest BCUT2D eigenvalue weighted by Crippen LogP contribution is 2.19. The quantitative estimate of drug-likeness (QED) is 0.270. The number of aromatic amines is 1. The molecule has 0 aliphatic rings. The Morgan fingerprint density at radius 3 is 2.70 bits per heavy atom. The molecule has 0 aliphatic carbocycles. The van der Waals surface area contributed by atoms with Crippen LogP contribution in [0.25, 0.3) is 10.9 Å². The van der Waals surface area contributed by atoms with Crippen molar-refractivity contribution in [1.82, 2.24) is 15.6 Å². The number of nitrogens with one attached hydrogen (secondary N) is 3. The number of H-pyrrole nitrogens is 1. The van der Waals surface area contributed by atoms with Crippen molar-refractivity contribution >= 4 is 40.8 Å². The van der Waals surface area contributed by atoms with E-state index in [-0.39, 0.29) is 24.0 Å². The second-order valence-corrected chi connectivity index (χ2v) is 5.75. The summed E-state index contributed by atoms with van der Waals surface area (Å²) in [5.41, 5.74) is 3.86. The van der Waals surface area contributed by atoms with E-state index in [1.165, 1.54) is 41.3 Å². The Morgan fingerprint density at radius 2 is 1.96 bits per heavy atom. The van der Waals surface area contributed by atoms with E-state index in [4.69, 9.17) is 0 Å². The average molecular weight is 428 g/mol. The molecule has 3 N–H and O–H groups in total. The van der Waals surface area contributed by atoms with E-state index in [0.29, 0.717) is 0 Å². The fourth-order valence-electron chi connectivity index (χ4n) is 2.62. The summed E-state index contributed by atoms with van der Waals surface area (Å²) >= 11 is 0. The van der Waals surface area contributed by atoms with Gasteiger partial charge in [-0.2, -0.15) is 0 Å². The summed E-state index contributed by atoms with van der Waals surface area (Å²) < 4.78 is 0. The number of aryl methyl sites for hydroxylation is 1. The molecule has 128 valence electrons. The van der Waals surface area contributed by atoms with E-state index >= 15 is 0 Å². The molecule has 2 aromatic rings. The number of benzene rings is 1. The minimum Gasteiger partial charge on any atom is -0.361 e. The lowest BCUT2D eigenvalue weighted by molar-refractivity contribution is 0.682. The lowest BCUT2D eigenvalue weighted by Crippen LogP contribution is -2.38. The van der Waals surface area contributed by atoms with Gasteiger partial charge in [0.2, 0.25) is 0 Å². The summed E-state index contributed by atoms with van der Waals surface area (Å²) in [5, 5.41) is 8.06. The fraction of sp³-hybridized carbons (Fsp3) is 0.500. The first kappa shape index (κ1) is 19.8. The molecular weight excluding hydrogens is 399 g/mol. The van der Waals surface area contributed by atoms with Gasteiger partial charge in [-0.3, -0.25) is 4.99 Å². The number of fused-ring (bicyclic) bond motifs is 1. The van der Waals surface area contributed by atoms with Crippen molar-refractivity contribution in [1.29, 1.82) is 0 Å². The van der Waals surface area contributed by atoms with Crippen LogP contribution in [-0.4, -0.2) is 31.1 Å². The minimum absolute atomic E-state index is 0. The predicted octanol–water partition coefficient (Wildman–Crippen LogP) is 3.99. The summed E-state index contributed by atoms with van der Waals surface area (Å²) in [6, 6.07) is 6.57. The molecule has 2 rings (SSSR count). The van der Waals surface area contributed by atoms with Gasteiger partial charge in [-0.05, 0) is 37.0 Å². The third-order valence-electron chi connectivity index (χ3n) is 3.91. The van der Waals surface area contributed by atoms with Crippen LogP contribution in [0.5, 0.6) is 0 Å². The topological polar surface area (TPSA) is 52.2 Å². The Kier molecular flexibility index (Phi) is 9.06. The number of aromatic nitrogens is 1. The van der Waals surface area contributed by atoms with Crippen LogP contribution >= 0.6 is 24.0 Å². The van der Waals surface area contributed by atoms with Crippen molar-refractivity contribution in [3.05, 3.63) is 35.5 Å². The third kappa shape index (κ3) is 6.05. The Morgan fingerprint density at radius 1 is 1.17 bits per heavy atom. The number of rotatable bonds is 7. The van der Waals surface area contributed by atoms with Crippen LogP contribution in [0.4, 0.5) is 0 Å².